The van der Waals surface area contributed by atoms with Gasteiger partial charge in [-0.2, -0.15) is 0 Å². The minimum absolute atomic E-state index is 1.14. The van der Waals surface area contributed by atoms with E-state index < -0.39 is 0 Å². The van der Waals surface area contributed by atoms with Crippen molar-refractivity contribution in [2.75, 3.05) is 0 Å². The molecule has 0 aromatic rings. The summed E-state index contributed by atoms with van der Waals surface area (Å²) in [5.41, 5.74) is 4.41. The van der Waals surface area contributed by atoms with Crippen LogP contribution in [-0.2, 0) is 0 Å². The van der Waals surface area contributed by atoms with E-state index in [1.54, 1.807) is 0 Å². The summed E-state index contributed by atoms with van der Waals surface area (Å²) < 4.78 is 0. The summed E-state index contributed by atoms with van der Waals surface area (Å²) in [4.78, 5) is 0. The van der Waals surface area contributed by atoms with Crippen molar-refractivity contribution in [3.8, 4) is 0 Å². The van der Waals surface area contributed by atoms with E-state index in [2.05, 4.69) is 40.7 Å². The second kappa shape index (κ2) is 5.17. The second-order valence-electron chi connectivity index (χ2n) is 3.05. The zero-order valence-electron chi connectivity index (χ0n) is 8.49. The third-order valence-corrected chi connectivity index (χ3v) is 2.27. The van der Waals surface area contributed by atoms with E-state index in [1.807, 2.05) is 0 Å². The van der Waals surface area contributed by atoms with Gasteiger partial charge in [-0.1, -0.05) is 31.1 Å². The second-order valence-corrected chi connectivity index (χ2v) is 3.05. The van der Waals surface area contributed by atoms with Gasteiger partial charge in [0.25, 0.3) is 0 Å². The van der Waals surface area contributed by atoms with Crippen LogP contribution in [0.25, 0.3) is 0 Å². The van der Waals surface area contributed by atoms with Gasteiger partial charge in [-0.05, 0) is 39.2 Å². The fourth-order valence-corrected chi connectivity index (χ4v) is 1.06. The van der Waals surface area contributed by atoms with Gasteiger partial charge >= 0.3 is 0 Å². The SMILES string of the molecule is CC/C=C(C)\C(C)=C(\C)CC. The van der Waals surface area contributed by atoms with Crippen molar-refractivity contribution < 1.29 is 0 Å². The molecular formula is C11H20. The Morgan fingerprint density at radius 2 is 1.64 bits per heavy atom. The average Bonchev–Trinajstić information content (AvgIpc) is 2.02. The maximum atomic E-state index is 2.29. The van der Waals surface area contributed by atoms with Crippen molar-refractivity contribution in [1.82, 2.24) is 0 Å². The molecule has 0 nitrogen and oxygen atoms in total. The summed E-state index contributed by atoms with van der Waals surface area (Å²) in [6, 6.07) is 0. The van der Waals surface area contributed by atoms with E-state index in [-0.39, 0.29) is 0 Å². The fourth-order valence-electron chi connectivity index (χ4n) is 1.06. The maximum Gasteiger partial charge on any atom is -0.0346 e. The first-order valence-corrected chi connectivity index (χ1v) is 4.46. The molecule has 0 radical (unpaired) electrons. The number of hydrogen-bond acceptors (Lipinski definition) is 0. The van der Waals surface area contributed by atoms with Crippen LogP contribution in [0, 0.1) is 0 Å². The van der Waals surface area contributed by atoms with Crippen molar-refractivity contribution in [2.45, 2.75) is 47.5 Å². The van der Waals surface area contributed by atoms with Crippen LogP contribution in [0.5, 0.6) is 0 Å². The minimum Gasteiger partial charge on any atom is -0.0816 e. The quantitative estimate of drug-likeness (QED) is 0.534. The van der Waals surface area contributed by atoms with E-state index in [9.17, 15) is 0 Å². The smallest absolute Gasteiger partial charge is 0.0346 e. The first-order chi connectivity index (χ1) is 5.13. The zero-order chi connectivity index (χ0) is 8.85. The van der Waals surface area contributed by atoms with Crippen LogP contribution in [-0.4, -0.2) is 0 Å². The lowest BCUT2D eigenvalue weighted by atomic mass is 10.0. The molecule has 0 heterocycles. The Labute approximate surface area is 71.0 Å². The van der Waals surface area contributed by atoms with Gasteiger partial charge in [0.2, 0.25) is 0 Å². The monoisotopic (exact) mass is 152 g/mol. The molecule has 0 aliphatic carbocycles. The molecule has 0 saturated carbocycles. The molecule has 0 atom stereocenters. The first kappa shape index (κ1) is 10.5. The standard InChI is InChI=1S/C11H20/c1-6-8-10(4)11(5)9(3)7-2/h8H,6-7H2,1-5H3/b10-8-,11-9-. The van der Waals surface area contributed by atoms with Crippen LogP contribution in [0.1, 0.15) is 47.5 Å². The highest BCUT2D eigenvalue weighted by molar-refractivity contribution is 5.30. The third-order valence-electron chi connectivity index (χ3n) is 2.27. The maximum absolute atomic E-state index is 2.29. The molecule has 0 amide bonds. The van der Waals surface area contributed by atoms with Gasteiger partial charge in [0.05, 0.1) is 0 Å². The van der Waals surface area contributed by atoms with Crippen LogP contribution in [0.3, 0.4) is 0 Å². The Morgan fingerprint density at radius 1 is 1.09 bits per heavy atom. The molecule has 11 heavy (non-hydrogen) atoms. The lowest BCUT2D eigenvalue weighted by Crippen LogP contribution is -1.84. The molecule has 0 fully saturated rings. The molecule has 0 heteroatoms. The van der Waals surface area contributed by atoms with Gasteiger partial charge < -0.3 is 0 Å². The molecule has 64 valence electrons. The predicted octanol–water partition coefficient (Wildman–Crippen LogP) is 4.09. The lowest BCUT2D eigenvalue weighted by molar-refractivity contribution is 1.05. The van der Waals surface area contributed by atoms with Gasteiger partial charge in [0.1, 0.15) is 0 Å². The molecule has 0 aliphatic heterocycles. The van der Waals surface area contributed by atoms with Crippen LogP contribution < -0.4 is 0 Å². The predicted molar refractivity (Wildman–Crippen MR) is 52.7 cm³/mol. The molecule has 0 unspecified atom stereocenters. The van der Waals surface area contributed by atoms with Crippen molar-refractivity contribution in [1.29, 1.82) is 0 Å². The Bertz CT molecular complexity index is 170. The Hall–Kier alpha value is -0.520. The largest absolute Gasteiger partial charge is 0.0816 e. The molecule has 0 spiro atoms. The Balaban J connectivity index is 4.46. The van der Waals surface area contributed by atoms with Crippen LogP contribution in [0.4, 0.5) is 0 Å². The van der Waals surface area contributed by atoms with Crippen LogP contribution in [0.2, 0.25) is 0 Å². The summed E-state index contributed by atoms with van der Waals surface area (Å²) in [5.74, 6) is 0. The Kier molecular flexibility index (Phi) is 4.93. The average molecular weight is 152 g/mol. The van der Waals surface area contributed by atoms with E-state index in [1.165, 1.54) is 23.1 Å². The highest BCUT2D eigenvalue weighted by atomic mass is 14.0. The van der Waals surface area contributed by atoms with Gasteiger partial charge in [0, 0.05) is 0 Å². The number of hydrogen-bond donors (Lipinski definition) is 0. The summed E-state index contributed by atoms with van der Waals surface area (Å²) >= 11 is 0. The van der Waals surface area contributed by atoms with Crippen molar-refractivity contribution >= 4 is 0 Å². The van der Waals surface area contributed by atoms with Crippen molar-refractivity contribution in [3.63, 3.8) is 0 Å². The summed E-state index contributed by atoms with van der Waals surface area (Å²) in [7, 11) is 0. The lowest BCUT2D eigenvalue weighted by Gasteiger charge is -2.05. The molecule has 0 N–H and O–H groups in total. The first-order valence-electron chi connectivity index (χ1n) is 4.46. The van der Waals surface area contributed by atoms with E-state index in [4.69, 9.17) is 0 Å². The van der Waals surface area contributed by atoms with E-state index in [0.29, 0.717) is 0 Å². The molecular weight excluding hydrogens is 132 g/mol. The Morgan fingerprint density at radius 3 is 2.00 bits per heavy atom. The summed E-state index contributed by atoms with van der Waals surface area (Å²) in [6.07, 6.45) is 4.59. The van der Waals surface area contributed by atoms with E-state index >= 15 is 0 Å². The molecule has 0 saturated heterocycles. The number of rotatable bonds is 3. The molecule has 0 aromatic heterocycles. The molecule has 0 aromatic carbocycles. The highest BCUT2D eigenvalue weighted by Crippen LogP contribution is 2.15. The molecule has 0 aliphatic rings. The van der Waals surface area contributed by atoms with Gasteiger partial charge in [0.15, 0.2) is 0 Å². The summed E-state index contributed by atoms with van der Waals surface area (Å²) in [6.45, 7) is 11.0. The fraction of sp³-hybridized carbons (Fsp3) is 0.636. The summed E-state index contributed by atoms with van der Waals surface area (Å²) in [5, 5.41) is 0. The van der Waals surface area contributed by atoms with Crippen LogP contribution in [0.15, 0.2) is 22.8 Å². The minimum atomic E-state index is 1.14. The van der Waals surface area contributed by atoms with Crippen LogP contribution >= 0.6 is 0 Å². The van der Waals surface area contributed by atoms with Gasteiger partial charge in [-0.15, -0.1) is 0 Å². The van der Waals surface area contributed by atoms with Crippen molar-refractivity contribution in [2.24, 2.45) is 0 Å². The van der Waals surface area contributed by atoms with E-state index in [0.717, 1.165) is 6.42 Å². The topological polar surface area (TPSA) is 0 Å². The highest BCUT2D eigenvalue weighted by Gasteiger charge is 1.95. The zero-order valence-corrected chi connectivity index (χ0v) is 8.49. The van der Waals surface area contributed by atoms with Gasteiger partial charge in [-0.25, -0.2) is 0 Å². The molecule has 0 bridgehead atoms. The van der Waals surface area contributed by atoms with Gasteiger partial charge in [-0.3, -0.25) is 0 Å². The normalized spacial score (nSPS) is 14.8. The third kappa shape index (κ3) is 3.41. The van der Waals surface area contributed by atoms with Crippen molar-refractivity contribution in [3.05, 3.63) is 22.8 Å². The number of allylic oxidation sites excluding steroid dienone is 4. The molecule has 0 rings (SSSR count).